The molecule has 178 valence electrons. The van der Waals surface area contributed by atoms with E-state index in [9.17, 15) is 14.9 Å². The number of hydrogen-bond acceptors (Lipinski definition) is 5. The van der Waals surface area contributed by atoms with Gasteiger partial charge in [-0.25, -0.2) is 0 Å². The van der Waals surface area contributed by atoms with Gasteiger partial charge in [-0.05, 0) is 46.2 Å². The van der Waals surface area contributed by atoms with Crippen LogP contribution in [-0.4, -0.2) is 20.6 Å². The van der Waals surface area contributed by atoms with Gasteiger partial charge >= 0.3 is 0 Å². The molecule has 1 amide bonds. The maximum absolute atomic E-state index is 12.8. The molecule has 0 bridgehead atoms. The first-order valence-electron chi connectivity index (χ1n) is 11.3. The molecule has 1 N–H and O–H groups in total. The highest BCUT2D eigenvalue weighted by molar-refractivity contribution is 6.03. The summed E-state index contributed by atoms with van der Waals surface area (Å²) in [7, 11) is 0. The number of ether oxygens (including phenoxy) is 1. The maximum atomic E-state index is 12.8. The van der Waals surface area contributed by atoms with Crippen molar-refractivity contribution >= 4 is 28.2 Å². The number of anilines is 1. The number of nitro groups is 1. The summed E-state index contributed by atoms with van der Waals surface area (Å²) in [6.45, 7) is 0.811. The highest BCUT2D eigenvalue weighted by Gasteiger charge is 2.10. The molecule has 36 heavy (non-hydrogen) atoms. The minimum Gasteiger partial charge on any atom is -0.489 e. The molecule has 0 atom stereocenters. The van der Waals surface area contributed by atoms with Gasteiger partial charge in [0.05, 0.1) is 11.5 Å². The van der Waals surface area contributed by atoms with Crippen molar-refractivity contribution in [2.45, 2.75) is 13.2 Å². The van der Waals surface area contributed by atoms with Crippen LogP contribution in [0, 0.1) is 10.1 Å². The standard InChI is InChI=1S/C28H22N4O4/c33-28(22-8-3-5-20(17-22)19-36-25-13-11-24(12-14-25)32(34)35)29-27-15-16-31(30-27)18-23-9-4-7-21-6-1-2-10-26(21)23/h1-17H,18-19H2,(H,29,30,33). The molecule has 0 saturated heterocycles. The molecule has 0 unspecified atom stereocenters. The number of rotatable bonds is 8. The molecule has 8 nitrogen and oxygen atoms in total. The molecular weight excluding hydrogens is 456 g/mol. The van der Waals surface area contributed by atoms with Crippen LogP contribution in [0.15, 0.2) is 103 Å². The molecule has 0 fully saturated rings. The lowest BCUT2D eigenvalue weighted by atomic mass is 10.0. The minimum absolute atomic E-state index is 0.000537. The van der Waals surface area contributed by atoms with Crippen LogP contribution in [0.2, 0.25) is 0 Å². The van der Waals surface area contributed by atoms with Gasteiger partial charge in [-0.3, -0.25) is 19.6 Å². The van der Waals surface area contributed by atoms with Crippen LogP contribution in [0.25, 0.3) is 10.8 Å². The first kappa shape index (κ1) is 22.8. The van der Waals surface area contributed by atoms with Gasteiger partial charge < -0.3 is 10.1 Å². The Hall–Kier alpha value is -4.98. The van der Waals surface area contributed by atoms with Crippen LogP contribution in [0.5, 0.6) is 5.75 Å². The number of hydrogen-bond donors (Lipinski definition) is 1. The van der Waals surface area contributed by atoms with Crippen molar-refractivity contribution in [1.29, 1.82) is 0 Å². The van der Waals surface area contributed by atoms with Gasteiger partial charge in [0, 0.05) is 30.0 Å². The largest absolute Gasteiger partial charge is 0.489 e. The Morgan fingerprint density at radius 1 is 0.944 bits per heavy atom. The molecule has 0 aliphatic carbocycles. The number of aromatic nitrogens is 2. The number of non-ortho nitro benzene ring substituents is 1. The van der Waals surface area contributed by atoms with Crippen molar-refractivity contribution in [3.8, 4) is 5.75 Å². The summed E-state index contributed by atoms with van der Waals surface area (Å²) in [6.07, 6.45) is 1.84. The number of benzene rings is 4. The van der Waals surface area contributed by atoms with E-state index in [1.54, 1.807) is 41.1 Å². The Morgan fingerprint density at radius 3 is 2.56 bits per heavy atom. The van der Waals surface area contributed by atoms with Crippen LogP contribution in [-0.2, 0) is 13.2 Å². The van der Waals surface area contributed by atoms with E-state index in [-0.39, 0.29) is 18.2 Å². The number of carbonyl (C=O) groups excluding carboxylic acids is 1. The molecular formula is C28H22N4O4. The summed E-state index contributed by atoms with van der Waals surface area (Å²) in [6, 6.07) is 29.1. The Bertz CT molecular complexity index is 1540. The lowest BCUT2D eigenvalue weighted by Gasteiger charge is -2.08. The summed E-state index contributed by atoms with van der Waals surface area (Å²) in [5.41, 5.74) is 2.42. The van der Waals surface area contributed by atoms with Crippen molar-refractivity contribution in [2.24, 2.45) is 0 Å². The van der Waals surface area contributed by atoms with Crippen LogP contribution in [0.4, 0.5) is 11.5 Å². The van der Waals surface area contributed by atoms with E-state index in [1.807, 2.05) is 30.5 Å². The predicted octanol–water partition coefficient (Wildman–Crippen LogP) is 5.82. The third-order valence-electron chi connectivity index (χ3n) is 5.74. The molecule has 0 aliphatic heterocycles. The van der Waals surface area contributed by atoms with Gasteiger partial charge in [-0.2, -0.15) is 5.10 Å². The fourth-order valence-electron chi connectivity index (χ4n) is 3.94. The van der Waals surface area contributed by atoms with E-state index in [0.29, 0.717) is 23.7 Å². The van der Waals surface area contributed by atoms with E-state index in [4.69, 9.17) is 4.74 Å². The Morgan fingerprint density at radius 2 is 1.72 bits per heavy atom. The zero-order valence-corrected chi connectivity index (χ0v) is 19.2. The second kappa shape index (κ2) is 10.1. The molecule has 0 saturated carbocycles. The number of nitrogens with one attached hydrogen (secondary N) is 1. The number of nitrogens with zero attached hydrogens (tertiary/aromatic N) is 3. The lowest BCUT2D eigenvalue weighted by Crippen LogP contribution is -2.13. The molecule has 4 aromatic carbocycles. The zero-order valence-electron chi connectivity index (χ0n) is 19.2. The van der Waals surface area contributed by atoms with Crippen LogP contribution in [0.3, 0.4) is 0 Å². The van der Waals surface area contributed by atoms with Gasteiger partial charge in [-0.1, -0.05) is 54.6 Å². The monoisotopic (exact) mass is 478 g/mol. The van der Waals surface area contributed by atoms with E-state index in [0.717, 1.165) is 11.1 Å². The molecule has 0 radical (unpaired) electrons. The van der Waals surface area contributed by atoms with E-state index < -0.39 is 4.92 Å². The number of amides is 1. The van der Waals surface area contributed by atoms with Crippen molar-refractivity contribution in [2.75, 3.05) is 5.32 Å². The van der Waals surface area contributed by atoms with Gasteiger partial charge in [-0.15, -0.1) is 0 Å². The fraction of sp³-hybridized carbons (Fsp3) is 0.0714. The minimum atomic E-state index is -0.460. The summed E-state index contributed by atoms with van der Waals surface area (Å²) in [5, 5.41) is 20.5. The van der Waals surface area contributed by atoms with Crippen molar-refractivity contribution in [3.05, 3.63) is 130 Å². The van der Waals surface area contributed by atoms with E-state index >= 15 is 0 Å². The number of fused-ring (bicyclic) bond motifs is 1. The average molecular weight is 479 g/mol. The number of nitro benzene ring substituents is 1. The van der Waals surface area contributed by atoms with E-state index in [1.165, 1.54) is 22.9 Å². The molecule has 5 rings (SSSR count). The first-order chi connectivity index (χ1) is 17.5. The smallest absolute Gasteiger partial charge is 0.269 e. The Kier molecular flexibility index (Phi) is 6.40. The van der Waals surface area contributed by atoms with Gasteiger partial charge in [0.25, 0.3) is 11.6 Å². The second-order valence-electron chi connectivity index (χ2n) is 8.23. The zero-order chi connectivity index (χ0) is 24.9. The predicted molar refractivity (Wildman–Crippen MR) is 137 cm³/mol. The molecule has 8 heteroatoms. The topological polar surface area (TPSA) is 99.3 Å². The van der Waals surface area contributed by atoms with Gasteiger partial charge in [0.1, 0.15) is 12.4 Å². The van der Waals surface area contributed by atoms with Crippen molar-refractivity contribution in [1.82, 2.24) is 9.78 Å². The lowest BCUT2D eigenvalue weighted by molar-refractivity contribution is -0.384. The van der Waals surface area contributed by atoms with Crippen LogP contribution >= 0.6 is 0 Å². The van der Waals surface area contributed by atoms with Crippen molar-refractivity contribution in [3.63, 3.8) is 0 Å². The van der Waals surface area contributed by atoms with Gasteiger partial charge in [0.15, 0.2) is 5.82 Å². The highest BCUT2D eigenvalue weighted by Crippen LogP contribution is 2.21. The quantitative estimate of drug-likeness (QED) is 0.224. The Balaban J connectivity index is 1.22. The van der Waals surface area contributed by atoms with Gasteiger partial charge in [0.2, 0.25) is 0 Å². The normalized spacial score (nSPS) is 10.8. The summed E-state index contributed by atoms with van der Waals surface area (Å²) in [4.78, 5) is 23.1. The molecule has 1 aromatic heterocycles. The third-order valence-corrected chi connectivity index (χ3v) is 5.74. The van der Waals surface area contributed by atoms with Crippen LogP contribution in [0.1, 0.15) is 21.5 Å². The SMILES string of the molecule is O=C(Nc1ccn(Cc2cccc3ccccc23)n1)c1cccc(COc2ccc([N+](=O)[O-])cc2)c1. The number of carbonyl (C=O) groups is 1. The third kappa shape index (κ3) is 5.23. The highest BCUT2D eigenvalue weighted by atomic mass is 16.6. The average Bonchev–Trinajstić information content (AvgIpc) is 3.34. The maximum Gasteiger partial charge on any atom is 0.269 e. The van der Waals surface area contributed by atoms with Crippen LogP contribution < -0.4 is 10.1 Å². The second-order valence-corrected chi connectivity index (χ2v) is 8.23. The summed E-state index contributed by atoms with van der Waals surface area (Å²) >= 11 is 0. The van der Waals surface area contributed by atoms with Crippen molar-refractivity contribution < 1.29 is 14.5 Å². The molecule has 0 aliphatic rings. The molecule has 0 spiro atoms. The summed E-state index contributed by atoms with van der Waals surface area (Å²) in [5.74, 6) is 0.697. The van der Waals surface area contributed by atoms with E-state index in [2.05, 4.69) is 34.7 Å². The fourth-order valence-corrected chi connectivity index (χ4v) is 3.94. The molecule has 5 aromatic rings. The summed E-state index contributed by atoms with van der Waals surface area (Å²) < 4.78 is 7.50. The molecule has 1 heterocycles. The Labute approximate surface area is 206 Å². The first-order valence-corrected chi connectivity index (χ1v) is 11.3.